The standard InChI is InChI=1S/C17H13F2N3O/c1-9-10(2)21-16-7-11(3-5-15(16)20-9)17(23)22-14-6-4-12(18)8-13(14)19/h3-8H,1-2H3,(H,22,23). The number of carbonyl (C=O) groups excluding carboxylic acids is 1. The van der Waals surface area contributed by atoms with E-state index in [0.717, 1.165) is 17.5 Å². The van der Waals surface area contributed by atoms with Crippen LogP contribution in [0.5, 0.6) is 0 Å². The Kier molecular flexibility index (Phi) is 3.73. The molecule has 0 atom stereocenters. The summed E-state index contributed by atoms with van der Waals surface area (Å²) < 4.78 is 26.5. The molecule has 1 amide bonds. The molecule has 4 nitrogen and oxygen atoms in total. The second kappa shape index (κ2) is 5.72. The quantitative estimate of drug-likeness (QED) is 0.783. The van der Waals surface area contributed by atoms with Crippen LogP contribution >= 0.6 is 0 Å². The summed E-state index contributed by atoms with van der Waals surface area (Å²) in [5, 5.41) is 2.42. The van der Waals surface area contributed by atoms with E-state index in [4.69, 9.17) is 0 Å². The number of benzene rings is 2. The molecule has 0 unspecified atom stereocenters. The van der Waals surface area contributed by atoms with E-state index in [1.807, 2.05) is 13.8 Å². The summed E-state index contributed by atoms with van der Waals surface area (Å²) in [6.45, 7) is 3.70. The van der Waals surface area contributed by atoms with E-state index in [-0.39, 0.29) is 5.69 Å². The lowest BCUT2D eigenvalue weighted by Crippen LogP contribution is -2.13. The van der Waals surface area contributed by atoms with Gasteiger partial charge in [-0.05, 0) is 44.2 Å². The van der Waals surface area contributed by atoms with Crippen molar-refractivity contribution in [2.75, 3.05) is 5.32 Å². The summed E-state index contributed by atoms with van der Waals surface area (Å²) in [5.74, 6) is -2.03. The van der Waals surface area contributed by atoms with Crippen LogP contribution in [0.4, 0.5) is 14.5 Å². The van der Waals surface area contributed by atoms with E-state index in [1.54, 1.807) is 18.2 Å². The molecule has 1 aromatic heterocycles. The minimum absolute atomic E-state index is 0.0809. The maximum atomic E-state index is 13.6. The molecule has 3 rings (SSSR count). The Morgan fingerprint density at radius 3 is 2.35 bits per heavy atom. The number of anilines is 1. The number of hydrogen-bond donors (Lipinski definition) is 1. The van der Waals surface area contributed by atoms with Gasteiger partial charge in [-0.15, -0.1) is 0 Å². The average molecular weight is 313 g/mol. The number of carbonyl (C=O) groups is 1. The van der Waals surface area contributed by atoms with E-state index < -0.39 is 17.5 Å². The zero-order valence-corrected chi connectivity index (χ0v) is 12.5. The van der Waals surface area contributed by atoms with Crippen LogP contribution in [0.1, 0.15) is 21.7 Å². The highest BCUT2D eigenvalue weighted by molar-refractivity contribution is 6.05. The van der Waals surface area contributed by atoms with Crippen molar-refractivity contribution in [3.05, 3.63) is 65.0 Å². The molecule has 1 heterocycles. The van der Waals surface area contributed by atoms with Crippen LogP contribution in [0, 0.1) is 25.5 Å². The highest BCUT2D eigenvalue weighted by atomic mass is 19.1. The fourth-order valence-corrected chi connectivity index (χ4v) is 2.16. The lowest BCUT2D eigenvalue weighted by Gasteiger charge is -2.08. The van der Waals surface area contributed by atoms with E-state index in [1.165, 1.54) is 6.07 Å². The number of nitrogens with zero attached hydrogens (tertiary/aromatic N) is 2. The van der Waals surface area contributed by atoms with E-state index in [2.05, 4.69) is 15.3 Å². The van der Waals surface area contributed by atoms with Crippen molar-refractivity contribution in [2.45, 2.75) is 13.8 Å². The molecule has 0 aliphatic heterocycles. The van der Waals surface area contributed by atoms with Crippen LogP contribution in [0.15, 0.2) is 36.4 Å². The van der Waals surface area contributed by atoms with Gasteiger partial charge in [-0.1, -0.05) is 0 Å². The first-order valence-electron chi connectivity index (χ1n) is 6.95. The SMILES string of the molecule is Cc1nc2ccc(C(=O)Nc3ccc(F)cc3F)cc2nc1C. The fraction of sp³-hybridized carbons (Fsp3) is 0.118. The first-order valence-corrected chi connectivity index (χ1v) is 6.95. The number of hydrogen-bond acceptors (Lipinski definition) is 3. The maximum absolute atomic E-state index is 13.6. The van der Waals surface area contributed by atoms with Crippen LogP contribution in [0.25, 0.3) is 11.0 Å². The molecule has 0 saturated heterocycles. The predicted molar refractivity (Wildman–Crippen MR) is 83.3 cm³/mol. The number of rotatable bonds is 2. The highest BCUT2D eigenvalue weighted by Crippen LogP contribution is 2.18. The van der Waals surface area contributed by atoms with E-state index in [9.17, 15) is 13.6 Å². The molecular weight excluding hydrogens is 300 g/mol. The molecule has 0 aliphatic carbocycles. The molecule has 3 aromatic rings. The summed E-state index contributed by atoms with van der Waals surface area (Å²) in [5.41, 5.74) is 3.10. The zero-order chi connectivity index (χ0) is 16.6. The van der Waals surface area contributed by atoms with Gasteiger partial charge in [0, 0.05) is 11.6 Å². The number of nitrogens with one attached hydrogen (secondary N) is 1. The Morgan fingerprint density at radius 1 is 0.957 bits per heavy atom. The van der Waals surface area contributed by atoms with E-state index >= 15 is 0 Å². The Bertz CT molecular complexity index is 925. The van der Waals surface area contributed by atoms with Crippen molar-refractivity contribution in [3.8, 4) is 0 Å². The van der Waals surface area contributed by atoms with Crippen LogP contribution < -0.4 is 5.32 Å². The van der Waals surface area contributed by atoms with Crippen molar-refractivity contribution in [1.29, 1.82) is 0 Å². The first-order chi connectivity index (χ1) is 10.9. The van der Waals surface area contributed by atoms with Gasteiger partial charge in [0.2, 0.25) is 0 Å². The minimum atomic E-state index is -0.828. The smallest absolute Gasteiger partial charge is 0.255 e. The molecule has 0 spiro atoms. The third kappa shape index (κ3) is 3.01. The third-order valence-corrected chi connectivity index (χ3v) is 3.52. The molecular formula is C17H13F2N3O. The molecule has 0 radical (unpaired) electrons. The van der Waals surface area contributed by atoms with Crippen LogP contribution in [0.3, 0.4) is 0 Å². The number of fused-ring (bicyclic) bond motifs is 1. The van der Waals surface area contributed by atoms with Gasteiger partial charge in [0.15, 0.2) is 0 Å². The van der Waals surface area contributed by atoms with E-state index in [0.29, 0.717) is 22.7 Å². The monoisotopic (exact) mass is 313 g/mol. The number of aryl methyl sites for hydroxylation is 2. The Hall–Kier alpha value is -2.89. The van der Waals surface area contributed by atoms with Crippen molar-refractivity contribution >= 4 is 22.6 Å². The first kappa shape index (κ1) is 15.0. The predicted octanol–water partition coefficient (Wildman–Crippen LogP) is 3.78. The van der Waals surface area contributed by atoms with Gasteiger partial charge in [-0.25, -0.2) is 18.7 Å². The largest absolute Gasteiger partial charge is 0.319 e. The maximum Gasteiger partial charge on any atom is 0.255 e. The van der Waals surface area contributed by atoms with Crippen LogP contribution in [0.2, 0.25) is 0 Å². The molecule has 0 saturated carbocycles. The van der Waals surface area contributed by atoms with Gasteiger partial charge in [0.1, 0.15) is 11.6 Å². The second-order valence-electron chi connectivity index (χ2n) is 5.18. The van der Waals surface area contributed by atoms with Crippen LogP contribution in [-0.4, -0.2) is 15.9 Å². The minimum Gasteiger partial charge on any atom is -0.319 e. The molecule has 1 N–H and O–H groups in total. The summed E-state index contributed by atoms with van der Waals surface area (Å²) >= 11 is 0. The summed E-state index contributed by atoms with van der Waals surface area (Å²) in [4.78, 5) is 21.0. The van der Waals surface area contributed by atoms with Gasteiger partial charge in [0.05, 0.1) is 28.1 Å². The van der Waals surface area contributed by atoms with Crippen molar-refractivity contribution in [2.24, 2.45) is 0 Å². The van der Waals surface area contributed by atoms with Gasteiger partial charge >= 0.3 is 0 Å². The molecule has 23 heavy (non-hydrogen) atoms. The van der Waals surface area contributed by atoms with Gasteiger partial charge in [-0.3, -0.25) is 4.79 Å². The Morgan fingerprint density at radius 2 is 1.65 bits per heavy atom. The molecule has 0 aliphatic rings. The summed E-state index contributed by atoms with van der Waals surface area (Å²) in [7, 11) is 0. The van der Waals surface area contributed by atoms with Crippen LogP contribution in [-0.2, 0) is 0 Å². The molecule has 0 bridgehead atoms. The second-order valence-corrected chi connectivity index (χ2v) is 5.18. The van der Waals surface area contributed by atoms with Gasteiger partial charge < -0.3 is 5.32 Å². The van der Waals surface area contributed by atoms with Crippen molar-refractivity contribution < 1.29 is 13.6 Å². The Balaban J connectivity index is 1.93. The van der Waals surface area contributed by atoms with Gasteiger partial charge in [0.25, 0.3) is 5.91 Å². The molecule has 6 heteroatoms. The number of halogens is 2. The van der Waals surface area contributed by atoms with Crippen molar-refractivity contribution in [1.82, 2.24) is 9.97 Å². The number of aromatic nitrogens is 2. The highest BCUT2D eigenvalue weighted by Gasteiger charge is 2.12. The average Bonchev–Trinajstić information content (AvgIpc) is 2.50. The van der Waals surface area contributed by atoms with Gasteiger partial charge in [-0.2, -0.15) is 0 Å². The number of amides is 1. The summed E-state index contributed by atoms with van der Waals surface area (Å²) in [6.07, 6.45) is 0. The van der Waals surface area contributed by atoms with Crippen molar-refractivity contribution in [3.63, 3.8) is 0 Å². The fourth-order valence-electron chi connectivity index (χ4n) is 2.16. The zero-order valence-electron chi connectivity index (χ0n) is 12.5. The third-order valence-electron chi connectivity index (χ3n) is 3.52. The molecule has 116 valence electrons. The lowest BCUT2D eigenvalue weighted by atomic mass is 10.1. The summed E-state index contributed by atoms with van der Waals surface area (Å²) in [6, 6.07) is 7.83. The molecule has 2 aromatic carbocycles. The molecule has 0 fully saturated rings. The normalized spacial score (nSPS) is 10.8. The Labute approximate surface area is 131 Å². The lowest BCUT2D eigenvalue weighted by molar-refractivity contribution is 0.102. The topological polar surface area (TPSA) is 54.9 Å².